The molecule has 0 aromatic rings. The van der Waals surface area contributed by atoms with Crippen LogP contribution in [0.5, 0.6) is 0 Å². The summed E-state index contributed by atoms with van der Waals surface area (Å²) in [6.45, 7) is 0. The van der Waals surface area contributed by atoms with E-state index < -0.39 is 19.8 Å². The summed E-state index contributed by atoms with van der Waals surface area (Å²) in [7, 11) is 0. The molecule has 0 heterocycles. The van der Waals surface area contributed by atoms with E-state index in [1.54, 1.807) is 0 Å². The highest BCUT2D eigenvalue weighted by Crippen LogP contribution is 2.37. The molecule has 2 atom stereocenters. The lowest BCUT2D eigenvalue weighted by Gasteiger charge is -2.25. The Morgan fingerprint density at radius 2 is 1.00 bits per heavy atom. The van der Waals surface area contributed by atoms with Crippen LogP contribution in [0.3, 0.4) is 0 Å². The van der Waals surface area contributed by atoms with Gasteiger partial charge < -0.3 is 10.2 Å². The number of aliphatic hydroxyl groups is 2. The summed E-state index contributed by atoms with van der Waals surface area (Å²) in [5.74, 6) is 0. The molecule has 0 bridgehead atoms. The molecule has 0 aromatic carbocycles. The minimum atomic E-state index is -1.91. The molecule has 0 aliphatic rings. The molecule has 8 heteroatoms. The Bertz CT molecular complexity index is 143. The summed E-state index contributed by atoms with van der Waals surface area (Å²) in [4.78, 5) is 0. The Balaban J connectivity index is 4.15. The average molecular weight is 311 g/mol. The normalized spacial score (nSPS) is 18.5. The van der Waals surface area contributed by atoms with E-state index in [0.29, 0.717) is 0 Å². The summed E-state index contributed by atoms with van der Waals surface area (Å²) in [6.07, 6.45) is -3.14. The van der Waals surface area contributed by atoms with Crippen molar-refractivity contribution < 1.29 is 10.2 Å². The zero-order valence-electron chi connectivity index (χ0n) is 6.02. The minimum absolute atomic E-state index is 0.340. The van der Waals surface area contributed by atoms with Gasteiger partial charge in [-0.05, 0) is 0 Å². The quantitative estimate of drug-likeness (QED) is 0.770. The van der Waals surface area contributed by atoms with Crippen LogP contribution in [-0.2, 0) is 0 Å². The smallest absolute Gasteiger partial charge is 0.216 e. The molecule has 0 rings (SSSR count). The lowest BCUT2D eigenvalue weighted by atomic mass is 10.2. The van der Waals surface area contributed by atoms with Gasteiger partial charge in [-0.25, -0.2) is 0 Å². The maximum Gasteiger partial charge on any atom is 0.216 e. The van der Waals surface area contributed by atoms with Crippen LogP contribution in [0.4, 0.5) is 0 Å². The van der Waals surface area contributed by atoms with Gasteiger partial charge in [0.1, 0.15) is 12.2 Å². The van der Waals surface area contributed by atoms with Gasteiger partial charge in [0.25, 0.3) is 0 Å². The van der Waals surface area contributed by atoms with Crippen LogP contribution in [0.1, 0.15) is 6.42 Å². The third kappa shape index (κ3) is 5.95. The second-order valence-electron chi connectivity index (χ2n) is 2.35. The van der Waals surface area contributed by atoms with Gasteiger partial charge in [-0.1, -0.05) is 69.6 Å². The van der Waals surface area contributed by atoms with Crippen molar-refractivity contribution in [2.45, 2.75) is 26.2 Å². The predicted molar refractivity (Wildman–Crippen MR) is 57.2 cm³/mol. The molecule has 0 aliphatic heterocycles. The van der Waals surface area contributed by atoms with Crippen molar-refractivity contribution in [1.29, 1.82) is 0 Å². The van der Waals surface area contributed by atoms with Crippen molar-refractivity contribution in [2.24, 2.45) is 0 Å². The molecule has 0 amide bonds. The summed E-state index contributed by atoms with van der Waals surface area (Å²) in [5.41, 5.74) is 0. The number of alkyl halides is 6. The van der Waals surface area contributed by atoms with Crippen molar-refractivity contribution in [3.05, 3.63) is 0 Å². The molecule has 0 aromatic heterocycles. The van der Waals surface area contributed by atoms with Gasteiger partial charge >= 0.3 is 0 Å². The lowest BCUT2D eigenvalue weighted by Crippen LogP contribution is -2.35. The first-order valence-electron chi connectivity index (χ1n) is 3.04. The highest BCUT2D eigenvalue weighted by Gasteiger charge is 2.38. The molecule has 0 spiro atoms. The topological polar surface area (TPSA) is 40.5 Å². The minimum Gasteiger partial charge on any atom is -0.389 e. The van der Waals surface area contributed by atoms with Crippen molar-refractivity contribution in [2.75, 3.05) is 0 Å². The van der Waals surface area contributed by atoms with E-state index in [2.05, 4.69) is 0 Å². The first-order chi connectivity index (χ1) is 5.55. The zero-order valence-corrected chi connectivity index (χ0v) is 10.6. The number of hydrogen-bond acceptors (Lipinski definition) is 2. The molecule has 13 heavy (non-hydrogen) atoms. The zero-order chi connectivity index (χ0) is 10.9. The third-order valence-corrected chi connectivity index (χ3v) is 2.71. The number of aliphatic hydroxyl groups excluding tert-OH is 2. The van der Waals surface area contributed by atoms with Crippen molar-refractivity contribution in [3.63, 3.8) is 0 Å². The Morgan fingerprint density at radius 1 is 0.769 bits per heavy atom. The second-order valence-corrected chi connectivity index (χ2v) is 7.09. The standard InChI is InChI=1S/C5H6Cl6O2/c6-4(7,8)2(12)1-3(13)5(9,10)11/h2-3,12-13H,1H2. The Hall–Kier alpha value is 1.66. The Kier molecular flexibility index (Phi) is 5.78. The van der Waals surface area contributed by atoms with Crippen molar-refractivity contribution >= 4 is 69.6 Å². The van der Waals surface area contributed by atoms with Gasteiger partial charge in [0.05, 0.1) is 0 Å². The van der Waals surface area contributed by atoms with Crippen LogP contribution in [0.15, 0.2) is 0 Å². The molecule has 0 saturated carbocycles. The molecule has 0 aliphatic carbocycles. The fourth-order valence-electron chi connectivity index (χ4n) is 0.479. The number of rotatable bonds is 2. The number of halogens is 6. The van der Waals surface area contributed by atoms with Gasteiger partial charge in [-0.15, -0.1) is 0 Å². The average Bonchev–Trinajstić information content (AvgIpc) is 1.82. The molecule has 2 N–H and O–H groups in total. The Morgan fingerprint density at radius 3 is 1.15 bits per heavy atom. The largest absolute Gasteiger partial charge is 0.389 e. The van der Waals surface area contributed by atoms with Crippen LogP contribution < -0.4 is 0 Å². The van der Waals surface area contributed by atoms with E-state index in [1.807, 2.05) is 0 Å². The highest BCUT2D eigenvalue weighted by atomic mass is 35.6. The van der Waals surface area contributed by atoms with E-state index >= 15 is 0 Å². The molecule has 2 nitrogen and oxygen atoms in total. The molecule has 80 valence electrons. The van der Waals surface area contributed by atoms with Crippen LogP contribution in [0.25, 0.3) is 0 Å². The fraction of sp³-hybridized carbons (Fsp3) is 1.00. The van der Waals surface area contributed by atoms with Crippen LogP contribution in [0, 0.1) is 0 Å². The summed E-state index contributed by atoms with van der Waals surface area (Å²) < 4.78 is -3.81. The van der Waals surface area contributed by atoms with E-state index in [9.17, 15) is 10.2 Å². The molecule has 0 radical (unpaired) electrons. The van der Waals surface area contributed by atoms with Gasteiger partial charge in [-0.3, -0.25) is 0 Å². The first kappa shape index (κ1) is 14.7. The van der Waals surface area contributed by atoms with E-state index in [1.165, 1.54) is 0 Å². The van der Waals surface area contributed by atoms with E-state index in [4.69, 9.17) is 69.6 Å². The van der Waals surface area contributed by atoms with Crippen LogP contribution in [-0.4, -0.2) is 30.0 Å². The van der Waals surface area contributed by atoms with Crippen molar-refractivity contribution in [3.8, 4) is 0 Å². The maximum atomic E-state index is 9.19. The van der Waals surface area contributed by atoms with E-state index in [0.717, 1.165) is 0 Å². The Labute approximate surface area is 106 Å². The maximum absolute atomic E-state index is 9.19. The SMILES string of the molecule is OC(CC(O)C(Cl)(Cl)Cl)C(Cl)(Cl)Cl. The molecular formula is C5H6Cl6O2. The van der Waals surface area contributed by atoms with Gasteiger partial charge in [0.15, 0.2) is 0 Å². The molecule has 2 unspecified atom stereocenters. The lowest BCUT2D eigenvalue weighted by molar-refractivity contribution is 0.0847. The molecule has 0 saturated heterocycles. The predicted octanol–water partition coefficient (Wildman–Crippen LogP) is 2.84. The second kappa shape index (κ2) is 5.13. The van der Waals surface area contributed by atoms with Gasteiger partial charge in [0, 0.05) is 6.42 Å². The summed E-state index contributed by atoms with van der Waals surface area (Å²) in [5, 5.41) is 18.4. The third-order valence-electron chi connectivity index (χ3n) is 1.20. The van der Waals surface area contributed by atoms with Gasteiger partial charge in [0.2, 0.25) is 7.59 Å². The fourth-order valence-corrected chi connectivity index (χ4v) is 1.01. The van der Waals surface area contributed by atoms with Gasteiger partial charge in [-0.2, -0.15) is 0 Å². The first-order valence-corrected chi connectivity index (χ1v) is 5.31. The number of hydrogen-bond donors (Lipinski definition) is 2. The monoisotopic (exact) mass is 308 g/mol. The van der Waals surface area contributed by atoms with E-state index in [-0.39, 0.29) is 6.42 Å². The summed E-state index contributed by atoms with van der Waals surface area (Å²) >= 11 is 31.9. The van der Waals surface area contributed by atoms with Crippen molar-refractivity contribution in [1.82, 2.24) is 0 Å². The summed E-state index contributed by atoms with van der Waals surface area (Å²) in [6, 6.07) is 0. The van der Waals surface area contributed by atoms with Crippen LogP contribution >= 0.6 is 69.6 Å². The molecular weight excluding hydrogens is 305 g/mol. The highest BCUT2D eigenvalue weighted by molar-refractivity contribution is 6.68. The molecule has 0 fully saturated rings. The van der Waals surface area contributed by atoms with Crippen LogP contribution in [0.2, 0.25) is 0 Å².